The molecular weight excluding hydrogens is 432 g/mol. The monoisotopic (exact) mass is 451 g/mol. The van der Waals surface area contributed by atoms with Crippen molar-refractivity contribution in [3.05, 3.63) is 64.7 Å². The maximum atomic E-state index is 13.6. The van der Waals surface area contributed by atoms with E-state index in [0.717, 1.165) is 21.9 Å². The molecule has 1 unspecified atom stereocenters. The van der Waals surface area contributed by atoms with E-state index in [1.54, 1.807) is 24.3 Å². The number of hydrogen-bond acceptors (Lipinski definition) is 4. The summed E-state index contributed by atoms with van der Waals surface area (Å²) in [6, 6.07) is 8.08. The first-order valence-electron chi connectivity index (χ1n) is 9.38. The van der Waals surface area contributed by atoms with Crippen LogP contribution in [0, 0.1) is 11.6 Å². The van der Waals surface area contributed by atoms with E-state index >= 15 is 0 Å². The van der Waals surface area contributed by atoms with E-state index in [1.807, 2.05) is 0 Å². The highest BCUT2D eigenvalue weighted by Gasteiger charge is 2.43. The number of carbonyl (C=O) groups is 3. The lowest BCUT2D eigenvalue weighted by atomic mass is 10.2. The third kappa shape index (κ3) is 5.28. The fourth-order valence-electron chi connectivity index (χ4n) is 3.19. The molecule has 0 radical (unpaired) electrons. The minimum absolute atomic E-state index is 0.00822. The van der Waals surface area contributed by atoms with Crippen molar-refractivity contribution in [3.63, 3.8) is 0 Å². The summed E-state index contributed by atoms with van der Waals surface area (Å²) in [5, 5.41) is 5.66. The normalized spacial score (nSPS) is 15.7. The summed E-state index contributed by atoms with van der Waals surface area (Å²) in [4.78, 5) is 40.7. The van der Waals surface area contributed by atoms with Crippen molar-refractivity contribution < 1.29 is 23.2 Å². The Bertz CT molecular complexity index is 969. The van der Waals surface area contributed by atoms with Crippen LogP contribution in [0.4, 0.5) is 19.3 Å². The summed E-state index contributed by atoms with van der Waals surface area (Å²) in [5.41, 5.74) is 5.59. The Morgan fingerprint density at radius 2 is 1.65 bits per heavy atom. The highest BCUT2D eigenvalue weighted by molar-refractivity contribution is 6.30. The molecule has 164 valence electrons. The van der Waals surface area contributed by atoms with Crippen molar-refractivity contribution in [2.45, 2.75) is 6.17 Å². The Balaban J connectivity index is 1.85. The molecule has 0 aliphatic carbocycles. The molecule has 1 saturated heterocycles. The van der Waals surface area contributed by atoms with Crippen molar-refractivity contribution in [3.8, 4) is 0 Å². The molecule has 2 aromatic rings. The number of nitrogens with two attached hydrogens (primary N) is 1. The van der Waals surface area contributed by atoms with Crippen LogP contribution >= 0.6 is 11.6 Å². The predicted molar refractivity (Wildman–Crippen MR) is 110 cm³/mol. The summed E-state index contributed by atoms with van der Waals surface area (Å²) in [6.07, 6.45) is -1.32. The number of amides is 4. The second-order valence-corrected chi connectivity index (χ2v) is 7.18. The smallest absolute Gasteiger partial charge is 0.323 e. The van der Waals surface area contributed by atoms with Crippen LogP contribution in [-0.2, 0) is 4.79 Å². The fraction of sp³-hybridized carbons (Fsp3) is 0.250. The van der Waals surface area contributed by atoms with Gasteiger partial charge in [0.25, 0.3) is 11.8 Å². The van der Waals surface area contributed by atoms with Gasteiger partial charge in [0.1, 0.15) is 11.6 Å². The highest BCUT2D eigenvalue weighted by atomic mass is 35.5. The third-order valence-corrected chi connectivity index (χ3v) is 4.83. The van der Waals surface area contributed by atoms with Crippen molar-refractivity contribution in [2.24, 2.45) is 5.73 Å². The number of hydrogen-bond donors (Lipinski definition) is 3. The molecule has 4 amide bonds. The van der Waals surface area contributed by atoms with Gasteiger partial charge in [0.2, 0.25) is 0 Å². The molecule has 3 rings (SSSR count). The Hall–Kier alpha value is -3.24. The standard InChI is InChI=1S/C20H20ClF2N5O3/c21-13-1-3-16(4-2-13)26-20(31)28-8-7-27(18(28)17(29)25-6-5-24)19(30)12-9-14(22)11-15(23)10-12/h1-4,9-11,18H,5-8,24H2,(H,25,29)(H,26,31). The maximum absolute atomic E-state index is 13.6. The van der Waals surface area contributed by atoms with Crippen molar-refractivity contribution in [1.82, 2.24) is 15.1 Å². The van der Waals surface area contributed by atoms with Gasteiger partial charge in [-0.05, 0) is 36.4 Å². The Labute approximate surface area is 181 Å². The second-order valence-electron chi connectivity index (χ2n) is 6.74. The number of anilines is 1. The van der Waals surface area contributed by atoms with Crippen molar-refractivity contribution in [1.29, 1.82) is 0 Å². The first-order chi connectivity index (χ1) is 14.8. The minimum atomic E-state index is -1.32. The number of halogens is 3. The SMILES string of the molecule is NCCNC(=O)C1N(C(=O)Nc2ccc(Cl)cc2)CCN1C(=O)c1cc(F)cc(F)c1. The predicted octanol–water partition coefficient (Wildman–Crippen LogP) is 2.01. The Morgan fingerprint density at radius 3 is 2.26 bits per heavy atom. The average molecular weight is 452 g/mol. The highest BCUT2D eigenvalue weighted by Crippen LogP contribution is 2.22. The van der Waals surface area contributed by atoms with E-state index in [1.165, 1.54) is 0 Å². The zero-order valence-electron chi connectivity index (χ0n) is 16.3. The average Bonchev–Trinajstić information content (AvgIpc) is 3.17. The molecular formula is C20H20ClF2N5O3. The van der Waals surface area contributed by atoms with Gasteiger partial charge >= 0.3 is 6.03 Å². The molecule has 0 bridgehead atoms. The molecule has 1 aliphatic rings. The van der Waals surface area contributed by atoms with Crippen LogP contribution in [0.2, 0.25) is 5.02 Å². The molecule has 11 heteroatoms. The third-order valence-electron chi connectivity index (χ3n) is 4.58. The summed E-state index contributed by atoms with van der Waals surface area (Å²) in [5.74, 6) is -3.28. The van der Waals surface area contributed by atoms with Crippen molar-refractivity contribution in [2.75, 3.05) is 31.5 Å². The second kappa shape index (κ2) is 9.71. The fourth-order valence-corrected chi connectivity index (χ4v) is 3.32. The molecule has 0 aromatic heterocycles. The molecule has 0 spiro atoms. The van der Waals surface area contributed by atoms with Crippen LogP contribution in [0.5, 0.6) is 0 Å². The number of carbonyl (C=O) groups excluding carboxylic acids is 3. The van der Waals surface area contributed by atoms with Gasteiger partial charge in [-0.3, -0.25) is 14.5 Å². The van der Waals surface area contributed by atoms with Gasteiger partial charge in [-0.15, -0.1) is 0 Å². The summed E-state index contributed by atoms with van der Waals surface area (Å²) < 4.78 is 27.2. The van der Waals surface area contributed by atoms with Crippen LogP contribution in [0.1, 0.15) is 10.4 Å². The number of nitrogens with zero attached hydrogens (tertiary/aromatic N) is 2. The van der Waals surface area contributed by atoms with Gasteiger partial charge in [0, 0.05) is 48.5 Å². The molecule has 1 fully saturated rings. The topological polar surface area (TPSA) is 108 Å². The van der Waals surface area contributed by atoms with Crippen LogP contribution in [-0.4, -0.2) is 60.0 Å². The molecule has 2 aromatic carbocycles. The van der Waals surface area contributed by atoms with E-state index in [4.69, 9.17) is 17.3 Å². The zero-order valence-corrected chi connectivity index (χ0v) is 17.0. The van der Waals surface area contributed by atoms with Gasteiger partial charge in [0.05, 0.1) is 0 Å². The van der Waals surface area contributed by atoms with E-state index in [9.17, 15) is 23.2 Å². The van der Waals surface area contributed by atoms with Crippen LogP contribution < -0.4 is 16.4 Å². The lowest BCUT2D eigenvalue weighted by Crippen LogP contribution is -2.55. The van der Waals surface area contributed by atoms with Gasteiger partial charge < -0.3 is 21.3 Å². The number of rotatable bonds is 5. The van der Waals surface area contributed by atoms with E-state index in [2.05, 4.69) is 10.6 Å². The Kier molecular flexibility index (Phi) is 7.03. The van der Waals surface area contributed by atoms with Gasteiger partial charge in [-0.2, -0.15) is 0 Å². The molecule has 1 atom stereocenters. The molecule has 0 saturated carbocycles. The molecule has 1 heterocycles. The molecule has 1 aliphatic heterocycles. The first-order valence-corrected chi connectivity index (χ1v) is 9.76. The van der Waals surface area contributed by atoms with Crippen LogP contribution in [0.3, 0.4) is 0 Å². The van der Waals surface area contributed by atoms with Crippen LogP contribution in [0.15, 0.2) is 42.5 Å². The lowest BCUT2D eigenvalue weighted by molar-refractivity contribution is -0.127. The summed E-state index contributed by atoms with van der Waals surface area (Å²) >= 11 is 5.84. The van der Waals surface area contributed by atoms with E-state index in [-0.39, 0.29) is 31.7 Å². The summed E-state index contributed by atoms with van der Waals surface area (Å²) in [7, 11) is 0. The Morgan fingerprint density at radius 1 is 1.03 bits per heavy atom. The van der Waals surface area contributed by atoms with Gasteiger partial charge in [0.15, 0.2) is 6.17 Å². The molecule has 8 nitrogen and oxygen atoms in total. The first kappa shape index (κ1) is 22.4. The van der Waals surface area contributed by atoms with Gasteiger partial charge in [-0.25, -0.2) is 13.6 Å². The van der Waals surface area contributed by atoms with Gasteiger partial charge in [-0.1, -0.05) is 11.6 Å². The maximum Gasteiger partial charge on any atom is 0.323 e. The number of urea groups is 1. The molecule has 31 heavy (non-hydrogen) atoms. The summed E-state index contributed by atoms with van der Waals surface area (Å²) in [6.45, 7) is 0.298. The largest absolute Gasteiger partial charge is 0.351 e. The number of nitrogens with one attached hydrogen (secondary N) is 2. The number of benzene rings is 2. The lowest BCUT2D eigenvalue weighted by Gasteiger charge is -2.29. The van der Waals surface area contributed by atoms with Crippen LogP contribution in [0.25, 0.3) is 0 Å². The van der Waals surface area contributed by atoms with E-state index < -0.39 is 35.6 Å². The van der Waals surface area contributed by atoms with Crippen molar-refractivity contribution >= 4 is 35.1 Å². The quantitative estimate of drug-likeness (QED) is 0.646. The zero-order chi connectivity index (χ0) is 22.5. The van der Waals surface area contributed by atoms with E-state index in [0.29, 0.717) is 16.8 Å². The minimum Gasteiger partial charge on any atom is -0.351 e. The molecule has 4 N–H and O–H groups in total.